The highest BCUT2D eigenvalue weighted by Gasteiger charge is 2.28. The van der Waals surface area contributed by atoms with Crippen LogP contribution in [-0.2, 0) is 24.1 Å². The Morgan fingerprint density at radius 2 is 2.19 bits per heavy atom. The summed E-state index contributed by atoms with van der Waals surface area (Å²) in [6.07, 6.45) is 4.50. The zero-order valence-corrected chi connectivity index (χ0v) is 19.5. The number of rotatable bonds is 5. The minimum Gasteiger partial charge on any atom is -0.465 e. The summed E-state index contributed by atoms with van der Waals surface area (Å²) >= 11 is 13.2. The van der Waals surface area contributed by atoms with E-state index in [2.05, 4.69) is 27.6 Å². The number of thiocarbonyl (C=S) groups is 1. The highest BCUT2D eigenvalue weighted by Crippen LogP contribution is 2.40. The average molecular weight is 476 g/mol. The van der Waals surface area contributed by atoms with Crippen molar-refractivity contribution < 1.29 is 9.53 Å². The molecule has 0 aliphatic heterocycles. The fourth-order valence-corrected chi connectivity index (χ4v) is 5.48. The highest BCUT2D eigenvalue weighted by molar-refractivity contribution is 7.80. The molecule has 2 aromatic heterocycles. The Morgan fingerprint density at radius 3 is 2.97 bits per heavy atom. The molecule has 0 fully saturated rings. The lowest BCUT2D eigenvalue weighted by Crippen LogP contribution is -2.21. The number of benzene rings is 1. The lowest BCUT2D eigenvalue weighted by Gasteiger charge is -2.18. The maximum atomic E-state index is 12.4. The molecule has 1 aliphatic rings. The Labute approximate surface area is 194 Å². The van der Waals surface area contributed by atoms with Crippen molar-refractivity contribution in [3.8, 4) is 0 Å². The molecule has 7 nitrogen and oxygen atoms in total. The van der Waals surface area contributed by atoms with Crippen LogP contribution in [0.2, 0.25) is 5.02 Å². The molecular weight excluding hydrogens is 454 g/mol. The van der Waals surface area contributed by atoms with Gasteiger partial charge in [-0.2, -0.15) is 0 Å². The summed E-state index contributed by atoms with van der Waals surface area (Å²) in [5.41, 5.74) is 2.60. The Hall–Kier alpha value is -2.49. The van der Waals surface area contributed by atoms with E-state index in [1.165, 1.54) is 12.0 Å². The second-order valence-corrected chi connectivity index (χ2v) is 9.40. The molecule has 1 unspecified atom stereocenters. The van der Waals surface area contributed by atoms with Gasteiger partial charge in [-0.15, -0.1) is 16.4 Å². The van der Waals surface area contributed by atoms with E-state index in [0.29, 0.717) is 39.1 Å². The van der Waals surface area contributed by atoms with Crippen molar-refractivity contribution in [1.29, 1.82) is 0 Å². The van der Waals surface area contributed by atoms with Crippen molar-refractivity contribution in [2.75, 3.05) is 17.7 Å². The number of halogens is 1. The van der Waals surface area contributed by atoms with E-state index in [4.69, 9.17) is 28.6 Å². The highest BCUT2D eigenvalue weighted by atomic mass is 35.5. The Morgan fingerprint density at radius 1 is 1.39 bits per heavy atom. The van der Waals surface area contributed by atoms with Gasteiger partial charge in [-0.05, 0) is 54.6 Å². The molecule has 0 bridgehead atoms. The summed E-state index contributed by atoms with van der Waals surface area (Å²) in [6.45, 7) is 2.72. The summed E-state index contributed by atoms with van der Waals surface area (Å²) in [5.74, 6) is 0.611. The standard InChI is InChI=1S/C21H22ClN5O2S2/c1-12-7-8-14-16(9-12)31-18(17(14)19(28)29-2)24-21(30)25-20-23-11-27(26-20)10-13-5-3-4-6-15(13)22/h3-6,11-12H,7-10H2,1-2H3,(H2,24,25,26,30). The molecule has 1 aromatic carbocycles. The van der Waals surface area contributed by atoms with Crippen LogP contribution in [0.15, 0.2) is 30.6 Å². The van der Waals surface area contributed by atoms with Crippen LogP contribution in [0, 0.1) is 5.92 Å². The summed E-state index contributed by atoms with van der Waals surface area (Å²) < 4.78 is 6.70. The largest absolute Gasteiger partial charge is 0.465 e. The van der Waals surface area contributed by atoms with E-state index in [0.717, 1.165) is 30.4 Å². The van der Waals surface area contributed by atoms with Crippen molar-refractivity contribution in [2.45, 2.75) is 32.7 Å². The fourth-order valence-electron chi connectivity index (χ4n) is 3.62. The smallest absolute Gasteiger partial charge is 0.341 e. The predicted octanol–water partition coefficient (Wildman–Crippen LogP) is 4.76. The third-order valence-corrected chi connectivity index (χ3v) is 6.92. The molecule has 0 saturated carbocycles. The normalized spacial score (nSPS) is 15.3. The summed E-state index contributed by atoms with van der Waals surface area (Å²) in [5, 5.41) is 12.2. The molecule has 0 radical (unpaired) electrons. The lowest BCUT2D eigenvalue weighted by molar-refractivity contribution is 0.0601. The maximum Gasteiger partial charge on any atom is 0.341 e. The van der Waals surface area contributed by atoms with Crippen LogP contribution in [0.1, 0.15) is 39.7 Å². The van der Waals surface area contributed by atoms with Gasteiger partial charge in [0.05, 0.1) is 19.2 Å². The van der Waals surface area contributed by atoms with E-state index < -0.39 is 0 Å². The number of carbonyl (C=O) groups excluding carboxylic acids is 1. The number of fused-ring (bicyclic) bond motifs is 1. The fraction of sp³-hybridized carbons (Fsp3) is 0.333. The predicted molar refractivity (Wildman–Crippen MR) is 127 cm³/mol. The molecule has 1 atom stereocenters. The van der Waals surface area contributed by atoms with Crippen LogP contribution in [0.4, 0.5) is 10.9 Å². The van der Waals surface area contributed by atoms with E-state index in [-0.39, 0.29) is 5.97 Å². The van der Waals surface area contributed by atoms with Crippen LogP contribution in [-0.4, -0.2) is 33.0 Å². The Bertz CT molecular complexity index is 1130. The zero-order chi connectivity index (χ0) is 22.0. The number of ether oxygens (including phenoxy) is 1. The average Bonchev–Trinajstić information content (AvgIpc) is 3.32. The number of hydrogen-bond acceptors (Lipinski definition) is 6. The molecule has 1 aliphatic carbocycles. The van der Waals surface area contributed by atoms with Gasteiger partial charge >= 0.3 is 5.97 Å². The quantitative estimate of drug-likeness (QED) is 0.406. The minimum absolute atomic E-state index is 0.312. The third-order valence-electron chi connectivity index (χ3n) is 5.18. The summed E-state index contributed by atoms with van der Waals surface area (Å²) in [4.78, 5) is 17.9. The molecule has 10 heteroatoms. The number of esters is 1. The van der Waals surface area contributed by atoms with E-state index >= 15 is 0 Å². The first-order valence-corrected chi connectivity index (χ1v) is 11.5. The van der Waals surface area contributed by atoms with Gasteiger partial charge in [-0.25, -0.2) is 14.5 Å². The van der Waals surface area contributed by atoms with E-state index in [1.807, 2.05) is 24.3 Å². The SMILES string of the molecule is COC(=O)c1c(NC(=S)Nc2ncn(Cc3ccccc3Cl)n2)sc2c1CCC(C)C2. The lowest BCUT2D eigenvalue weighted by atomic mass is 9.88. The summed E-state index contributed by atoms with van der Waals surface area (Å²) in [7, 11) is 1.40. The first-order chi connectivity index (χ1) is 14.9. The van der Waals surface area contributed by atoms with Gasteiger partial charge in [-0.3, -0.25) is 5.32 Å². The van der Waals surface area contributed by atoms with Gasteiger partial charge in [0.2, 0.25) is 5.95 Å². The molecule has 2 N–H and O–H groups in total. The monoisotopic (exact) mass is 475 g/mol. The third kappa shape index (κ3) is 4.89. The number of thiophene rings is 1. The number of nitrogens with zero attached hydrogens (tertiary/aromatic N) is 3. The molecule has 162 valence electrons. The van der Waals surface area contributed by atoms with Gasteiger partial charge in [0.25, 0.3) is 0 Å². The molecule has 0 amide bonds. The Kier molecular flexibility index (Phi) is 6.54. The van der Waals surface area contributed by atoms with Crippen molar-refractivity contribution in [3.63, 3.8) is 0 Å². The van der Waals surface area contributed by atoms with Crippen LogP contribution >= 0.6 is 35.2 Å². The maximum absolute atomic E-state index is 12.4. The second-order valence-electron chi connectivity index (χ2n) is 7.48. The first kappa shape index (κ1) is 21.7. The van der Waals surface area contributed by atoms with Crippen LogP contribution in [0.3, 0.4) is 0 Å². The molecule has 2 heterocycles. The number of hydrogen-bond donors (Lipinski definition) is 2. The van der Waals surface area contributed by atoms with Gasteiger partial charge in [-0.1, -0.05) is 36.7 Å². The van der Waals surface area contributed by atoms with Crippen LogP contribution in [0.5, 0.6) is 0 Å². The Balaban J connectivity index is 1.47. The van der Waals surface area contributed by atoms with Gasteiger partial charge < -0.3 is 10.1 Å². The van der Waals surface area contributed by atoms with Gasteiger partial charge in [0.15, 0.2) is 5.11 Å². The van der Waals surface area contributed by atoms with Crippen molar-refractivity contribution in [3.05, 3.63) is 57.2 Å². The van der Waals surface area contributed by atoms with Gasteiger partial charge in [0.1, 0.15) is 11.3 Å². The molecule has 31 heavy (non-hydrogen) atoms. The van der Waals surface area contributed by atoms with Crippen LogP contribution in [0.25, 0.3) is 0 Å². The van der Waals surface area contributed by atoms with Crippen molar-refractivity contribution in [1.82, 2.24) is 14.8 Å². The molecule has 0 saturated heterocycles. The van der Waals surface area contributed by atoms with Crippen molar-refractivity contribution >= 4 is 57.2 Å². The van der Waals surface area contributed by atoms with Crippen molar-refractivity contribution in [2.24, 2.45) is 5.92 Å². The van der Waals surface area contributed by atoms with E-state index in [1.54, 1.807) is 22.3 Å². The number of aromatic nitrogens is 3. The number of carbonyl (C=O) groups is 1. The number of methoxy groups -OCH3 is 1. The molecule has 3 aromatic rings. The number of anilines is 2. The second kappa shape index (κ2) is 9.33. The zero-order valence-electron chi connectivity index (χ0n) is 17.1. The molecular formula is C21H22ClN5O2S2. The van der Waals surface area contributed by atoms with E-state index in [9.17, 15) is 4.79 Å². The van der Waals surface area contributed by atoms with Gasteiger partial charge in [0, 0.05) is 9.90 Å². The molecule has 4 rings (SSSR count). The summed E-state index contributed by atoms with van der Waals surface area (Å²) in [6, 6.07) is 7.59. The minimum atomic E-state index is -0.348. The number of nitrogens with one attached hydrogen (secondary N) is 2. The first-order valence-electron chi connectivity index (χ1n) is 9.88. The molecule has 0 spiro atoms. The topological polar surface area (TPSA) is 81.1 Å². The van der Waals surface area contributed by atoms with Crippen LogP contribution < -0.4 is 10.6 Å².